The minimum absolute atomic E-state index is 0.0582. The average molecular weight is 460 g/mol. The number of hydrogen-bond acceptors (Lipinski definition) is 6. The molecular weight excluding hydrogens is 430 g/mol. The summed E-state index contributed by atoms with van der Waals surface area (Å²) in [6.07, 6.45) is 3.32. The van der Waals surface area contributed by atoms with Crippen LogP contribution in [0.2, 0.25) is 0 Å². The molecule has 2 aromatic carbocycles. The van der Waals surface area contributed by atoms with Crippen molar-refractivity contribution in [3.8, 4) is 11.4 Å². The molecule has 2 aliphatic heterocycles. The summed E-state index contributed by atoms with van der Waals surface area (Å²) >= 11 is 0. The van der Waals surface area contributed by atoms with Gasteiger partial charge in [-0.1, -0.05) is 47.6 Å². The highest BCUT2D eigenvalue weighted by molar-refractivity contribution is 5.95. The number of likely N-dealkylation sites (tertiary alicyclic amines) is 1. The zero-order valence-electron chi connectivity index (χ0n) is 19.2. The first-order valence-corrected chi connectivity index (χ1v) is 11.9. The molecule has 1 unspecified atom stereocenters. The number of hydrogen-bond donors (Lipinski definition) is 1. The highest BCUT2D eigenvalue weighted by atomic mass is 16.5. The zero-order chi connectivity index (χ0) is 23.3. The van der Waals surface area contributed by atoms with E-state index in [0.29, 0.717) is 37.8 Å². The van der Waals surface area contributed by atoms with Crippen LogP contribution in [0.5, 0.6) is 0 Å². The summed E-state index contributed by atoms with van der Waals surface area (Å²) in [5, 5.41) is 7.18. The Hall–Kier alpha value is -3.52. The van der Waals surface area contributed by atoms with E-state index in [1.165, 1.54) is 0 Å². The van der Waals surface area contributed by atoms with Crippen LogP contribution in [0.4, 0.5) is 5.69 Å². The zero-order valence-corrected chi connectivity index (χ0v) is 19.2. The lowest BCUT2D eigenvalue weighted by Gasteiger charge is -2.30. The van der Waals surface area contributed by atoms with Crippen molar-refractivity contribution in [3.05, 3.63) is 66.1 Å². The molecule has 2 aliphatic rings. The Kier molecular flexibility index (Phi) is 6.67. The second-order valence-electron chi connectivity index (χ2n) is 8.99. The molecule has 2 amide bonds. The number of aromatic nitrogens is 2. The molecule has 8 heteroatoms. The van der Waals surface area contributed by atoms with Crippen molar-refractivity contribution >= 4 is 17.5 Å². The molecule has 0 radical (unpaired) electrons. The van der Waals surface area contributed by atoms with Gasteiger partial charge in [0.05, 0.1) is 12.5 Å². The Morgan fingerprint density at radius 1 is 1.09 bits per heavy atom. The summed E-state index contributed by atoms with van der Waals surface area (Å²) in [4.78, 5) is 33.5. The molecule has 1 aromatic heterocycles. The normalized spacial score (nSPS) is 18.9. The van der Waals surface area contributed by atoms with Gasteiger partial charge in [-0.25, -0.2) is 0 Å². The number of anilines is 1. The van der Waals surface area contributed by atoms with E-state index in [-0.39, 0.29) is 17.7 Å². The SMILES string of the molecule is O=C(NCc1cccc(N2CCCC2=O)c1)C1CCCN(Cc2nc(-c3ccccc3)no2)C1. The third-order valence-corrected chi connectivity index (χ3v) is 6.50. The van der Waals surface area contributed by atoms with E-state index in [9.17, 15) is 9.59 Å². The van der Waals surface area contributed by atoms with Crippen molar-refractivity contribution in [1.82, 2.24) is 20.4 Å². The van der Waals surface area contributed by atoms with E-state index in [4.69, 9.17) is 4.52 Å². The monoisotopic (exact) mass is 459 g/mol. The molecule has 34 heavy (non-hydrogen) atoms. The number of piperidine rings is 1. The predicted molar refractivity (Wildman–Crippen MR) is 128 cm³/mol. The van der Waals surface area contributed by atoms with Gasteiger partial charge in [0.15, 0.2) is 0 Å². The van der Waals surface area contributed by atoms with E-state index in [1.54, 1.807) is 0 Å². The predicted octanol–water partition coefficient (Wildman–Crippen LogP) is 3.39. The van der Waals surface area contributed by atoms with Crippen LogP contribution in [-0.2, 0) is 22.7 Å². The summed E-state index contributed by atoms with van der Waals surface area (Å²) in [5.41, 5.74) is 2.83. The lowest BCUT2D eigenvalue weighted by atomic mass is 9.97. The van der Waals surface area contributed by atoms with Crippen LogP contribution in [0.25, 0.3) is 11.4 Å². The number of nitrogens with one attached hydrogen (secondary N) is 1. The van der Waals surface area contributed by atoms with E-state index in [2.05, 4.69) is 20.4 Å². The Bertz CT molecular complexity index is 1150. The molecular formula is C26H29N5O3. The summed E-state index contributed by atoms with van der Waals surface area (Å²) in [5.74, 6) is 1.30. The molecule has 8 nitrogen and oxygen atoms in total. The molecule has 0 aliphatic carbocycles. The maximum absolute atomic E-state index is 12.9. The summed E-state index contributed by atoms with van der Waals surface area (Å²) in [6.45, 7) is 3.32. The summed E-state index contributed by atoms with van der Waals surface area (Å²) in [6, 6.07) is 17.6. The molecule has 2 fully saturated rings. The molecule has 1 atom stereocenters. The number of rotatable bonds is 7. The molecule has 5 rings (SSSR count). The van der Waals surface area contributed by atoms with Crippen molar-refractivity contribution < 1.29 is 14.1 Å². The Labute approximate surface area is 198 Å². The fourth-order valence-corrected chi connectivity index (χ4v) is 4.72. The molecule has 0 saturated carbocycles. The Morgan fingerprint density at radius 3 is 2.79 bits per heavy atom. The van der Waals surface area contributed by atoms with E-state index >= 15 is 0 Å². The highest BCUT2D eigenvalue weighted by Crippen LogP contribution is 2.23. The van der Waals surface area contributed by atoms with Crippen LogP contribution in [0, 0.1) is 5.92 Å². The number of benzene rings is 2. The number of amides is 2. The minimum atomic E-state index is -0.0754. The second kappa shape index (κ2) is 10.2. The van der Waals surface area contributed by atoms with Gasteiger partial charge in [0, 0.05) is 37.3 Å². The van der Waals surface area contributed by atoms with Crippen molar-refractivity contribution in [2.24, 2.45) is 5.92 Å². The maximum Gasteiger partial charge on any atom is 0.241 e. The van der Waals surface area contributed by atoms with Gasteiger partial charge >= 0.3 is 0 Å². The van der Waals surface area contributed by atoms with Gasteiger partial charge in [-0.15, -0.1) is 0 Å². The Morgan fingerprint density at radius 2 is 1.97 bits per heavy atom. The van der Waals surface area contributed by atoms with Crippen molar-refractivity contribution in [2.45, 2.75) is 38.8 Å². The topological polar surface area (TPSA) is 91.6 Å². The van der Waals surface area contributed by atoms with Crippen LogP contribution in [0.15, 0.2) is 59.1 Å². The largest absolute Gasteiger partial charge is 0.352 e. The standard InChI is InChI=1S/C26H29N5O3/c32-24-12-6-14-31(24)22-11-4-7-19(15-22)16-27-26(33)21-10-5-13-30(17-21)18-23-28-25(29-34-23)20-8-2-1-3-9-20/h1-4,7-9,11,15,21H,5-6,10,12-14,16-18H2,(H,27,33). The highest BCUT2D eigenvalue weighted by Gasteiger charge is 2.27. The quantitative estimate of drug-likeness (QED) is 0.582. The van der Waals surface area contributed by atoms with Gasteiger partial charge in [0.2, 0.25) is 23.5 Å². The smallest absolute Gasteiger partial charge is 0.241 e. The molecule has 3 aromatic rings. The fourth-order valence-electron chi connectivity index (χ4n) is 4.72. The van der Waals surface area contributed by atoms with Gasteiger partial charge in [0.1, 0.15) is 0 Å². The van der Waals surface area contributed by atoms with Crippen LogP contribution in [0.1, 0.15) is 37.1 Å². The molecule has 1 N–H and O–H groups in total. The van der Waals surface area contributed by atoms with Crippen molar-refractivity contribution in [2.75, 3.05) is 24.5 Å². The number of carbonyl (C=O) groups excluding carboxylic acids is 2. The second-order valence-corrected chi connectivity index (χ2v) is 8.99. The van der Waals surface area contributed by atoms with Crippen LogP contribution >= 0.6 is 0 Å². The van der Waals surface area contributed by atoms with Crippen molar-refractivity contribution in [1.29, 1.82) is 0 Å². The van der Waals surface area contributed by atoms with Gasteiger partial charge in [0.25, 0.3) is 0 Å². The van der Waals surface area contributed by atoms with Gasteiger partial charge in [-0.05, 0) is 43.5 Å². The summed E-state index contributed by atoms with van der Waals surface area (Å²) in [7, 11) is 0. The third kappa shape index (κ3) is 5.17. The van der Waals surface area contributed by atoms with Crippen LogP contribution in [-0.4, -0.2) is 46.5 Å². The van der Waals surface area contributed by atoms with E-state index in [0.717, 1.165) is 49.2 Å². The third-order valence-electron chi connectivity index (χ3n) is 6.50. The van der Waals surface area contributed by atoms with Crippen LogP contribution in [0.3, 0.4) is 0 Å². The molecule has 2 saturated heterocycles. The molecule has 0 spiro atoms. The van der Waals surface area contributed by atoms with Gasteiger partial charge in [-0.2, -0.15) is 4.98 Å². The summed E-state index contributed by atoms with van der Waals surface area (Å²) < 4.78 is 5.45. The first-order chi connectivity index (χ1) is 16.7. The first kappa shape index (κ1) is 22.3. The molecule has 0 bridgehead atoms. The lowest BCUT2D eigenvalue weighted by Crippen LogP contribution is -2.42. The number of nitrogens with zero attached hydrogens (tertiary/aromatic N) is 4. The van der Waals surface area contributed by atoms with Gasteiger partial charge in [-0.3, -0.25) is 14.5 Å². The van der Waals surface area contributed by atoms with Crippen molar-refractivity contribution in [3.63, 3.8) is 0 Å². The average Bonchev–Trinajstić information content (AvgIpc) is 3.52. The lowest BCUT2D eigenvalue weighted by molar-refractivity contribution is -0.127. The molecule has 3 heterocycles. The minimum Gasteiger partial charge on any atom is -0.352 e. The number of carbonyl (C=O) groups is 2. The first-order valence-electron chi connectivity index (χ1n) is 11.9. The van der Waals surface area contributed by atoms with Crippen LogP contribution < -0.4 is 10.2 Å². The molecule has 176 valence electrons. The van der Waals surface area contributed by atoms with E-state index < -0.39 is 0 Å². The van der Waals surface area contributed by atoms with E-state index in [1.807, 2.05) is 59.5 Å². The Balaban J connectivity index is 1.14. The fraction of sp³-hybridized carbons (Fsp3) is 0.385. The van der Waals surface area contributed by atoms with Gasteiger partial charge < -0.3 is 14.7 Å². The maximum atomic E-state index is 12.9.